The number of nitrogens with two attached hydrogens (primary N) is 1. The first-order valence-corrected chi connectivity index (χ1v) is 5.53. The van der Waals surface area contributed by atoms with Gasteiger partial charge in [-0.3, -0.25) is 0 Å². The Morgan fingerprint density at radius 3 is 3.12 bits per heavy atom. The Labute approximate surface area is 99.1 Å². The number of fused-ring (bicyclic) bond motifs is 1. The van der Waals surface area contributed by atoms with Crippen LogP contribution in [0.2, 0.25) is 0 Å². The molecular formula is C12H15NO4. The number of esters is 1. The second kappa shape index (κ2) is 4.63. The van der Waals surface area contributed by atoms with E-state index in [0.717, 1.165) is 0 Å². The molecule has 17 heavy (non-hydrogen) atoms. The van der Waals surface area contributed by atoms with Crippen LogP contribution >= 0.6 is 0 Å². The van der Waals surface area contributed by atoms with Crippen molar-refractivity contribution < 1.29 is 19.4 Å². The summed E-state index contributed by atoms with van der Waals surface area (Å²) in [5.74, 6) is -0.0928. The number of aliphatic hydroxyl groups excluding tert-OH is 1. The van der Waals surface area contributed by atoms with E-state index in [1.165, 1.54) is 0 Å². The Morgan fingerprint density at radius 1 is 1.65 bits per heavy atom. The number of rotatable bonds is 2. The van der Waals surface area contributed by atoms with Gasteiger partial charge in [0.2, 0.25) is 0 Å². The third kappa shape index (κ3) is 2.19. The molecule has 0 spiro atoms. The maximum Gasteiger partial charge on any atom is 0.347 e. The van der Waals surface area contributed by atoms with Crippen molar-refractivity contribution in [3.63, 3.8) is 0 Å². The van der Waals surface area contributed by atoms with Crippen molar-refractivity contribution >= 4 is 11.7 Å². The first kappa shape index (κ1) is 11.7. The van der Waals surface area contributed by atoms with E-state index in [-0.39, 0.29) is 13.0 Å². The molecule has 0 amide bonds. The number of para-hydroxylation sites is 1. The third-order valence-corrected chi connectivity index (χ3v) is 2.68. The average molecular weight is 237 g/mol. The highest BCUT2D eigenvalue weighted by Gasteiger charge is 2.33. The van der Waals surface area contributed by atoms with Gasteiger partial charge in [-0.25, -0.2) is 4.79 Å². The largest absolute Gasteiger partial charge is 0.476 e. The van der Waals surface area contributed by atoms with Crippen LogP contribution in [0, 0.1) is 0 Å². The summed E-state index contributed by atoms with van der Waals surface area (Å²) in [6.07, 6.45) is -1.35. The molecule has 1 aromatic carbocycles. The van der Waals surface area contributed by atoms with Gasteiger partial charge in [-0.15, -0.1) is 0 Å². The number of aliphatic hydroxyl groups is 1. The van der Waals surface area contributed by atoms with E-state index < -0.39 is 18.2 Å². The van der Waals surface area contributed by atoms with Gasteiger partial charge in [-0.1, -0.05) is 12.1 Å². The number of ether oxygens (including phenoxy) is 2. The molecule has 2 rings (SSSR count). The molecule has 2 atom stereocenters. The zero-order chi connectivity index (χ0) is 12.4. The fraction of sp³-hybridized carbons (Fsp3) is 0.417. The van der Waals surface area contributed by atoms with E-state index in [0.29, 0.717) is 17.0 Å². The zero-order valence-electron chi connectivity index (χ0n) is 9.55. The summed E-state index contributed by atoms with van der Waals surface area (Å²) in [6, 6.07) is 5.14. The van der Waals surface area contributed by atoms with Gasteiger partial charge < -0.3 is 20.3 Å². The molecule has 3 N–H and O–H groups in total. The average Bonchev–Trinajstić information content (AvgIpc) is 2.30. The monoisotopic (exact) mass is 237 g/mol. The second-order valence-corrected chi connectivity index (χ2v) is 3.88. The lowest BCUT2D eigenvalue weighted by molar-refractivity contribution is -0.153. The molecule has 0 fully saturated rings. The molecular weight excluding hydrogens is 222 g/mol. The molecule has 0 aromatic heterocycles. The molecule has 2 unspecified atom stereocenters. The first-order chi connectivity index (χ1) is 8.13. The highest BCUT2D eigenvalue weighted by Crippen LogP contribution is 2.38. The van der Waals surface area contributed by atoms with Crippen LogP contribution in [-0.4, -0.2) is 23.8 Å². The van der Waals surface area contributed by atoms with Crippen molar-refractivity contribution in [1.29, 1.82) is 0 Å². The number of carbonyl (C=O) groups excluding carboxylic acids is 1. The van der Waals surface area contributed by atoms with Gasteiger partial charge in [-0.05, 0) is 13.0 Å². The number of hydrogen-bond donors (Lipinski definition) is 2. The van der Waals surface area contributed by atoms with E-state index in [1.807, 2.05) is 0 Å². The smallest absolute Gasteiger partial charge is 0.347 e. The van der Waals surface area contributed by atoms with Gasteiger partial charge in [0.05, 0.1) is 18.4 Å². The minimum absolute atomic E-state index is 0.190. The molecule has 1 aliphatic rings. The number of nitrogen functional groups attached to an aromatic ring is 1. The van der Waals surface area contributed by atoms with Gasteiger partial charge in [0.1, 0.15) is 5.75 Å². The first-order valence-electron chi connectivity index (χ1n) is 5.53. The Balaban J connectivity index is 2.26. The van der Waals surface area contributed by atoms with Gasteiger partial charge in [0.25, 0.3) is 0 Å². The molecule has 1 heterocycles. The van der Waals surface area contributed by atoms with Crippen molar-refractivity contribution in [2.75, 3.05) is 12.3 Å². The lowest BCUT2D eigenvalue weighted by atomic mass is 9.98. The number of benzene rings is 1. The summed E-state index contributed by atoms with van der Waals surface area (Å²) in [4.78, 5) is 11.6. The lowest BCUT2D eigenvalue weighted by Crippen LogP contribution is -2.35. The van der Waals surface area contributed by atoms with E-state index in [9.17, 15) is 9.90 Å². The SMILES string of the molecule is CCOC(=O)C1CC(O)c2cccc(N)c2O1. The highest BCUT2D eigenvalue weighted by molar-refractivity contribution is 5.76. The molecule has 5 nitrogen and oxygen atoms in total. The molecule has 5 heteroatoms. The van der Waals surface area contributed by atoms with Crippen LogP contribution in [0.4, 0.5) is 5.69 Å². The summed E-state index contributed by atoms with van der Waals surface area (Å²) in [5.41, 5.74) is 6.78. The van der Waals surface area contributed by atoms with Crippen molar-refractivity contribution in [3.8, 4) is 5.75 Å². The minimum Gasteiger partial charge on any atom is -0.476 e. The summed E-state index contributed by atoms with van der Waals surface area (Å²) in [6.45, 7) is 2.01. The van der Waals surface area contributed by atoms with E-state index in [1.54, 1.807) is 25.1 Å². The number of anilines is 1. The van der Waals surface area contributed by atoms with Gasteiger partial charge >= 0.3 is 5.97 Å². The molecule has 0 bridgehead atoms. The normalized spacial score (nSPS) is 22.5. The van der Waals surface area contributed by atoms with Crippen LogP contribution < -0.4 is 10.5 Å². The molecule has 0 saturated carbocycles. The fourth-order valence-corrected chi connectivity index (χ4v) is 1.87. The van der Waals surface area contributed by atoms with E-state index >= 15 is 0 Å². The molecule has 0 saturated heterocycles. The molecule has 92 valence electrons. The Morgan fingerprint density at radius 2 is 2.41 bits per heavy atom. The molecule has 1 aromatic rings. The Bertz CT molecular complexity index is 433. The van der Waals surface area contributed by atoms with Gasteiger partial charge in [0.15, 0.2) is 6.10 Å². The maximum absolute atomic E-state index is 11.6. The van der Waals surface area contributed by atoms with Crippen molar-refractivity contribution in [2.24, 2.45) is 0 Å². The fourth-order valence-electron chi connectivity index (χ4n) is 1.87. The second-order valence-electron chi connectivity index (χ2n) is 3.88. The summed E-state index contributed by atoms with van der Waals surface area (Å²) >= 11 is 0. The standard InChI is InChI=1S/C12H15NO4/c1-2-16-12(15)10-6-9(14)7-4-3-5-8(13)11(7)17-10/h3-5,9-10,14H,2,6,13H2,1H3. The maximum atomic E-state index is 11.6. The van der Waals surface area contributed by atoms with Crippen molar-refractivity contribution in [1.82, 2.24) is 0 Å². The Kier molecular flexibility index (Phi) is 3.19. The van der Waals surface area contributed by atoms with E-state index in [2.05, 4.69) is 0 Å². The molecule has 0 aliphatic carbocycles. The van der Waals surface area contributed by atoms with Gasteiger partial charge in [0, 0.05) is 12.0 Å². The predicted octanol–water partition coefficient (Wildman–Crippen LogP) is 1.02. The topological polar surface area (TPSA) is 81.8 Å². The van der Waals surface area contributed by atoms with Crippen LogP contribution in [-0.2, 0) is 9.53 Å². The van der Waals surface area contributed by atoms with Crippen LogP contribution in [0.5, 0.6) is 5.75 Å². The summed E-state index contributed by atoms with van der Waals surface area (Å²) in [7, 11) is 0. The number of hydrogen-bond acceptors (Lipinski definition) is 5. The molecule has 1 aliphatic heterocycles. The zero-order valence-corrected chi connectivity index (χ0v) is 9.55. The third-order valence-electron chi connectivity index (χ3n) is 2.68. The highest BCUT2D eigenvalue weighted by atomic mass is 16.6. The number of carbonyl (C=O) groups is 1. The van der Waals surface area contributed by atoms with E-state index in [4.69, 9.17) is 15.2 Å². The van der Waals surface area contributed by atoms with Crippen LogP contribution in [0.25, 0.3) is 0 Å². The van der Waals surface area contributed by atoms with Crippen LogP contribution in [0.3, 0.4) is 0 Å². The summed E-state index contributed by atoms with van der Waals surface area (Å²) in [5, 5.41) is 9.93. The quantitative estimate of drug-likeness (QED) is 0.592. The predicted molar refractivity (Wildman–Crippen MR) is 61.5 cm³/mol. The minimum atomic E-state index is -0.790. The van der Waals surface area contributed by atoms with Crippen LogP contribution in [0.15, 0.2) is 18.2 Å². The van der Waals surface area contributed by atoms with Crippen molar-refractivity contribution in [2.45, 2.75) is 25.6 Å². The lowest BCUT2D eigenvalue weighted by Gasteiger charge is -2.28. The Hall–Kier alpha value is -1.75. The van der Waals surface area contributed by atoms with Crippen LogP contribution in [0.1, 0.15) is 25.0 Å². The van der Waals surface area contributed by atoms with Crippen molar-refractivity contribution in [3.05, 3.63) is 23.8 Å². The summed E-state index contributed by atoms with van der Waals surface area (Å²) < 4.78 is 10.4. The molecule has 0 radical (unpaired) electrons. The van der Waals surface area contributed by atoms with Gasteiger partial charge in [-0.2, -0.15) is 0 Å².